The summed E-state index contributed by atoms with van der Waals surface area (Å²) in [5.74, 6) is -0.891. The van der Waals surface area contributed by atoms with Crippen molar-refractivity contribution < 1.29 is 19.5 Å². The molecule has 0 atom stereocenters. The van der Waals surface area contributed by atoms with E-state index in [0.717, 1.165) is 52.5 Å². The maximum Gasteiger partial charge on any atom is 0.335 e. The number of pyridine rings is 1. The Balaban J connectivity index is 1.20. The summed E-state index contributed by atoms with van der Waals surface area (Å²) in [6.45, 7) is 5.26. The number of benzene rings is 1. The van der Waals surface area contributed by atoms with E-state index in [4.69, 9.17) is 0 Å². The number of carbonyl (C=O) groups is 3. The van der Waals surface area contributed by atoms with Gasteiger partial charge in [-0.2, -0.15) is 5.10 Å². The number of H-pyrrole nitrogens is 1. The number of carboxylic acids is 1. The third-order valence-electron chi connectivity index (χ3n) is 8.06. The summed E-state index contributed by atoms with van der Waals surface area (Å²) in [6, 6.07) is 8.62. The SMILES string of the molecule is CC(C)n1ncc2c1C(=O)CC1(CCN(C(=O)c3cc4c(-c5ccc(C(=O)O)cc5)cncc4[nH]3)CC1)C2. The molecule has 9 nitrogen and oxygen atoms in total. The molecule has 1 spiro atoms. The zero-order valence-electron chi connectivity index (χ0n) is 21.4. The van der Waals surface area contributed by atoms with Gasteiger partial charge in [0.2, 0.25) is 0 Å². The molecular weight excluding hydrogens is 482 g/mol. The van der Waals surface area contributed by atoms with Gasteiger partial charge in [-0.1, -0.05) is 12.1 Å². The van der Waals surface area contributed by atoms with Crippen LogP contribution >= 0.6 is 0 Å². The summed E-state index contributed by atoms with van der Waals surface area (Å²) in [6.07, 6.45) is 8.14. The maximum atomic E-state index is 13.5. The lowest BCUT2D eigenvalue weighted by molar-refractivity contribution is 0.0513. The van der Waals surface area contributed by atoms with Crippen LogP contribution in [0.2, 0.25) is 0 Å². The number of aromatic carboxylic acids is 1. The van der Waals surface area contributed by atoms with E-state index in [9.17, 15) is 19.5 Å². The zero-order valence-corrected chi connectivity index (χ0v) is 21.4. The fourth-order valence-corrected chi connectivity index (χ4v) is 6.01. The first-order valence-corrected chi connectivity index (χ1v) is 12.9. The smallest absolute Gasteiger partial charge is 0.335 e. The molecule has 3 aromatic heterocycles. The molecule has 0 saturated carbocycles. The second-order valence-corrected chi connectivity index (χ2v) is 10.8. The van der Waals surface area contributed by atoms with E-state index >= 15 is 0 Å². The first-order chi connectivity index (χ1) is 18.2. The molecule has 1 aliphatic heterocycles. The number of aromatic amines is 1. The number of aromatic nitrogens is 4. The molecule has 4 heterocycles. The number of carbonyl (C=O) groups excluding carboxylic acids is 2. The number of nitrogens with one attached hydrogen (secondary N) is 1. The van der Waals surface area contributed by atoms with Crippen LogP contribution in [0.3, 0.4) is 0 Å². The summed E-state index contributed by atoms with van der Waals surface area (Å²) in [5, 5.41) is 14.5. The van der Waals surface area contributed by atoms with Gasteiger partial charge in [-0.3, -0.25) is 19.3 Å². The van der Waals surface area contributed by atoms with Crippen LogP contribution in [0.5, 0.6) is 0 Å². The lowest BCUT2D eigenvalue weighted by Crippen LogP contribution is -2.46. The molecule has 0 unspecified atom stereocenters. The van der Waals surface area contributed by atoms with Crippen molar-refractivity contribution in [2.75, 3.05) is 13.1 Å². The highest BCUT2D eigenvalue weighted by molar-refractivity contribution is 6.03. The predicted molar refractivity (Wildman–Crippen MR) is 141 cm³/mol. The molecule has 6 rings (SSSR count). The van der Waals surface area contributed by atoms with E-state index in [0.29, 0.717) is 25.2 Å². The van der Waals surface area contributed by atoms with E-state index in [1.54, 1.807) is 36.7 Å². The summed E-state index contributed by atoms with van der Waals surface area (Å²) < 4.78 is 1.84. The molecule has 9 heteroatoms. The Labute approximate surface area is 219 Å². The zero-order chi connectivity index (χ0) is 26.6. The van der Waals surface area contributed by atoms with Gasteiger partial charge in [0.15, 0.2) is 5.78 Å². The minimum Gasteiger partial charge on any atom is -0.478 e. The number of piperidine rings is 1. The third kappa shape index (κ3) is 3.98. The van der Waals surface area contributed by atoms with Gasteiger partial charge in [0.25, 0.3) is 5.91 Å². The molecule has 1 aromatic carbocycles. The Bertz CT molecular complexity index is 1570. The average molecular weight is 512 g/mol. The molecular formula is C29H29N5O4. The van der Waals surface area contributed by atoms with E-state index < -0.39 is 5.97 Å². The van der Waals surface area contributed by atoms with E-state index in [1.807, 2.05) is 35.7 Å². The first kappa shape index (κ1) is 24.1. The standard InChI is InChI=1S/C29H29N5O4/c1-17(2)34-26-20(14-31-34)12-29(13-25(26)35)7-9-33(10-8-29)27(36)23-11-21-22(15-30-16-24(21)32-23)18-3-5-19(6-4-18)28(37)38/h3-6,11,14-17,32H,7-10,12-13H2,1-2H3,(H,37,38). The fraction of sp³-hybridized carbons (Fsp3) is 0.345. The van der Waals surface area contributed by atoms with Crippen molar-refractivity contribution in [1.82, 2.24) is 24.6 Å². The summed E-state index contributed by atoms with van der Waals surface area (Å²) in [7, 11) is 0. The normalized spacial score (nSPS) is 16.8. The average Bonchev–Trinajstić information content (AvgIpc) is 3.53. The van der Waals surface area contributed by atoms with Gasteiger partial charge in [0.05, 0.1) is 23.5 Å². The topological polar surface area (TPSA) is 121 Å². The van der Waals surface area contributed by atoms with Crippen molar-refractivity contribution in [3.63, 3.8) is 0 Å². The summed E-state index contributed by atoms with van der Waals surface area (Å²) >= 11 is 0. The number of nitrogens with zero attached hydrogens (tertiary/aromatic N) is 4. The summed E-state index contributed by atoms with van der Waals surface area (Å²) in [5.41, 5.74) is 4.77. The van der Waals surface area contributed by atoms with E-state index in [2.05, 4.69) is 15.1 Å². The van der Waals surface area contributed by atoms with Crippen LogP contribution in [-0.4, -0.2) is 60.5 Å². The van der Waals surface area contributed by atoms with E-state index in [1.165, 1.54) is 0 Å². The highest BCUT2D eigenvalue weighted by atomic mass is 16.4. The highest BCUT2D eigenvalue weighted by Crippen LogP contribution is 2.44. The van der Waals surface area contributed by atoms with Crippen LogP contribution in [-0.2, 0) is 6.42 Å². The van der Waals surface area contributed by atoms with Crippen molar-refractivity contribution in [3.8, 4) is 11.1 Å². The molecule has 38 heavy (non-hydrogen) atoms. The van der Waals surface area contributed by atoms with Crippen molar-refractivity contribution in [2.45, 2.75) is 45.6 Å². The fourth-order valence-electron chi connectivity index (χ4n) is 6.01. The van der Waals surface area contributed by atoms with Crippen LogP contribution in [0.25, 0.3) is 22.0 Å². The van der Waals surface area contributed by atoms with Crippen LogP contribution < -0.4 is 0 Å². The van der Waals surface area contributed by atoms with Crippen LogP contribution in [0, 0.1) is 5.41 Å². The molecule has 1 aliphatic carbocycles. The van der Waals surface area contributed by atoms with Crippen molar-refractivity contribution in [2.24, 2.45) is 5.41 Å². The van der Waals surface area contributed by atoms with Gasteiger partial charge in [0, 0.05) is 48.3 Å². The molecule has 2 aliphatic rings. The number of fused-ring (bicyclic) bond motifs is 2. The number of carboxylic acid groups (broad SMARTS) is 1. The van der Waals surface area contributed by atoms with Crippen LogP contribution in [0.4, 0.5) is 0 Å². The second-order valence-electron chi connectivity index (χ2n) is 10.8. The molecule has 0 radical (unpaired) electrons. The Hall–Kier alpha value is -4.27. The number of ketones is 1. The monoisotopic (exact) mass is 511 g/mol. The lowest BCUT2D eigenvalue weighted by atomic mass is 9.67. The molecule has 1 saturated heterocycles. The van der Waals surface area contributed by atoms with Gasteiger partial charge < -0.3 is 15.0 Å². The molecule has 1 amide bonds. The van der Waals surface area contributed by atoms with E-state index in [-0.39, 0.29) is 28.7 Å². The quantitative estimate of drug-likeness (QED) is 0.408. The molecule has 194 valence electrons. The van der Waals surface area contributed by atoms with Gasteiger partial charge in [-0.05, 0) is 62.3 Å². The minimum atomic E-state index is -0.977. The van der Waals surface area contributed by atoms with Gasteiger partial charge in [0.1, 0.15) is 11.4 Å². The number of rotatable bonds is 4. The van der Waals surface area contributed by atoms with Crippen molar-refractivity contribution in [3.05, 3.63) is 71.4 Å². The van der Waals surface area contributed by atoms with Crippen molar-refractivity contribution in [1.29, 1.82) is 0 Å². The number of hydrogen-bond acceptors (Lipinski definition) is 5. The Kier molecular flexibility index (Phi) is 5.66. The minimum absolute atomic E-state index is 0.0707. The van der Waals surface area contributed by atoms with Crippen molar-refractivity contribution >= 4 is 28.6 Å². The second kappa shape index (κ2) is 8.93. The predicted octanol–water partition coefficient (Wildman–Crippen LogP) is 4.76. The molecule has 0 bridgehead atoms. The van der Waals surface area contributed by atoms with Crippen LogP contribution in [0.1, 0.15) is 76.1 Å². The maximum absolute atomic E-state index is 13.5. The number of amides is 1. The van der Waals surface area contributed by atoms with Gasteiger partial charge in [-0.25, -0.2) is 4.79 Å². The highest BCUT2D eigenvalue weighted by Gasteiger charge is 2.43. The number of Topliss-reactive ketones (excluding diaryl/α,β-unsaturated/α-hetero) is 1. The van der Waals surface area contributed by atoms with Gasteiger partial charge >= 0.3 is 5.97 Å². The number of hydrogen-bond donors (Lipinski definition) is 2. The Morgan fingerprint density at radius 2 is 1.79 bits per heavy atom. The first-order valence-electron chi connectivity index (χ1n) is 12.9. The Morgan fingerprint density at radius 1 is 1.05 bits per heavy atom. The molecule has 2 N–H and O–H groups in total. The largest absolute Gasteiger partial charge is 0.478 e. The van der Waals surface area contributed by atoms with Gasteiger partial charge in [-0.15, -0.1) is 0 Å². The number of likely N-dealkylation sites (tertiary alicyclic amines) is 1. The molecule has 1 fully saturated rings. The lowest BCUT2D eigenvalue weighted by Gasteiger charge is -2.43. The summed E-state index contributed by atoms with van der Waals surface area (Å²) in [4.78, 5) is 47.2. The van der Waals surface area contributed by atoms with Crippen LogP contribution in [0.15, 0.2) is 48.9 Å². The molecule has 4 aromatic rings. The Morgan fingerprint density at radius 3 is 2.47 bits per heavy atom. The third-order valence-corrected chi connectivity index (χ3v) is 8.06.